The molecular formula is C14H22N4S2. The van der Waals surface area contributed by atoms with Crippen LogP contribution in [0.1, 0.15) is 31.7 Å². The van der Waals surface area contributed by atoms with E-state index < -0.39 is 0 Å². The smallest absolute Gasteiger partial charge is 0.189 e. The van der Waals surface area contributed by atoms with Gasteiger partial charge < -0.3 is 10.6 Å². The highest BCUT2D eigenvalue weighted by Crippen LogP contribution is 2.12. The first-order chi connectivity index (χ1) is 9.63. The molecule has 0 atom stereocenters. The van der Waals surface area contributed by atoms with Gasteiger partial charge in [0.15, 0.2) is 10.2 Å². The SMILES string of the molecule is CCCCCNC(=S)NNC(=S)Nc1ccccc1C. The van der Waals surface area contributed by atoms with E-state index in [1.54, 1.807) is 0 Å². The van der Waals surface area contributed by atoms with Crippen LogP contribution in [0.5, 0.6) is 0 Å². The van der Waals surface area contributed by atoms with E-state index >= 15 is 0 Å². The number of rotatable bonds is 5. The van der Waals surface area contributed by atoms with Crippen molar-refractivity contribution in [1.82, 2.24) is 16.2 Å². The third-order valence-electron chi connectivity index (χ3n) is 2.75. The lowest BCUT2D eigenvalue weighted by atomic mass is 10.2. The average molecular weight is 310 g/mol. The van der Waals surface area contributed by atoms with Gasteiger partial charge in [-0.2, -0.15) is 0 Å². The molecule has 1 rings (SSSR count). The number of unbranched alkanes of at least 4 members (excludes halogenated alkanes) is 2. The van der Waals surface area contributed by atoms with E-state index in [0.29, 0.717) is 10.2 Å². The number of hydrazine groups is 1. The standard InChI is InChI=1S/C14H22N4S2/c1-3-4-7-10-15-13(19)17-18-14(20)16-12-9-6-5-8-11(12)2/h5-6,8-9H,3-4,7,10H2,1-2H3,(H2,15,17,19)(H2,16,18,20). The molecule has 1 aromatic carbocycles. The number of aryl methyl sites for hydroxylation is 1. The van der Waals surface area contributed by atoms with E-state index in [4.69, 9.17) is 24.4 Å². The number of thiocarbonyl (C=S) groups is 2. The highest BCUT2D eigenvalue weighted by molar-refractivity contribution is 7.80. The van der Waals surface area contributed by atoms with Crippen LogP contribution in [0.4, 0.5) is 5.69 Å². The minimum absolute atomic E-state index is 0.483. The van der Waals surface area contributed by atoms with Gasteiger partial charge in [0.25, 0.3) is 0 Å². The lowest BCUT2D eigenvalue weighted by Gasteiger charge is -2.15. The highest BCUT2D eigenvalue weighted by atomic mass is 32.1. The summed E-state index contributed by atoms with van der Waals surface area (Å²) in [6.45, 7) is 5.07. The molecule has 0 radical (unpaired) electrons. The number of benzene rings is 1. The van der Waals surface area contributed by atoms with Gasteiger partial charge in [0.2, 0.25) is 0 Å². The number of hydrogen-bond acceptors (Lipinski definition) is 2. The number of anilines is 1. The van der Waals surface area contributed by atoms with E-state index in [-0.39, 0.29) is 0 Å². The van der Waals surface area contributed by atoms with Crippen LogP contribution in [0, 0.1) is 6.92 Å². The van der Waals surface area contributed by atoms with Crippen LogP contribution < -0.4 is 21.5 Å². The van der Waals surface area contributed by atoms with Crippen molar-refractivity contribution in [2.24, 2.45) is 0 Å². The van der Waals surface area contributed by atoms with E-state index in [1.165, 1.54) is 12.8 Å². The molecule has 0 fully saturated rings. The van der Waals surface area contributed by atoms with Crippen LogP contribution in [0.15, 0.2) is 24.3 Å². The minimum Gasteiger partial charge on any atom is -0.361 e. The predicted octanol–water partition coefficient (Wildman–Crippen LogP) is 2.85. The summed E-state index contributed by atoms with van der Waals surface area (Å²) in [5.74, 6) is 0. The topological polar surface area (TPSA) is 48.1 Å². The van der Waals surface area contributed by atoms with E-state index in [1.807, 2.05) is 31.2 Å². The lowest BCUT2D eigenvalue weighted by molar-refractivity contribution is 0.685. The first-order valence-electron chi connectivity index (χ1n) is 6.80. The normalized spacial score (nSPS) is 9.70. The van der Waals surface area contributed by atoms with Gasteiger partial charge in [0, 0.05) is 12.2 Å². The van der Waals surface area contributed by atoms with Crippen LogP contribution >= 0.6 is 24.4 Å². The van der Waals surface area contributed by atoms with Gasteiger partial charge in [0.1, 0.15) is 0 Å². The lowest BCUT2D eigenvalue weighted by Crippen LogP contribution is -2.48. The molecule has 0 saturated heterocycles. The van der Waals surface area contributed by atoms with Crippen molar-refractivity contribution in [3.8, 4) is 0 Å². The summed E-state index contributed by atoms with van der Waals surface area (Å²) in [6.07, 6.45) is 3.52. The Kier molecular flexibility index (Phi) is 7.91. The van der Waals surface area contributed by atoms with Crippen molar-refractivity contribution in [2.45, 2.75) is 33.1 Å². The fourth-order valence-electron chi connectivity index (χ4n) is 1.60. The van der Waals surface area contributed by atoms with Gasteiger partial charge in [-0.15, -0.1) is 0 Å². The van der Waals surface area contributed by atoms with Gasteiger partial charge >= 0.3 is 0 Å². The predicted molar refractivity (Wildman–Crippen MR) is 93.8 cm³/mol. The zero-order valence-corrected chi connectivity index (χ0v) is 13.6. The van der Waals surface area contributed by atoms with Gasteiger partial charge in [-0.05, 0) is 49.4 Å². The monoisotopic (exact) mass is 310 g/mol. The first kappa shape index (κ1) is 16.7. The fraction of sp³-hybridized carbons (Fsp3) is 0.429. The molecule has 0 aliphatic heterocycles. The molecule has 0 spiro atoms. The molecule has 20 heavy (non-hydrogen) atoms. The minimum atomic E-state index is 0.483. The Morgan fingerprint density at radius 3 is 2.45 bits per heavy atom. The Balaban J connectivity index is 2.23. The molecule has 0 heterocycles. The summed E-state index contributed by atoms with van der Waals surface area (Å²) in [7, 11) is 0. The first-order valence-corrected chi connectivity index (χ1v) is 7.61. The molecule has 0 bridgehead atoms. The molecule has 6 heteroatoms. The van der Waals surface area contributed by atoms with Crippen LogP contribution in [-0.4, -0.2) is 16.8 Å². The Hall–Kier alpha value is -1.40. The quantitative estimate of drug-likeness (QED) is 0.381. The van der Waals surface area contributed by atoms with Crippen LogP contribution in [-0.2, 0) is 0 Å². The Morgan fingerprint density at radius 1 is 1.05 bits per heavy atom. The van der Waals surface area contributed by atoms with Gasteiger partial charge in [-0.3, -0.25) is 10.9 Å². The number of para-hydroxylation sites is 1. The Labute approximate surface area is 131 Å². The third kappa shape index (κ3) is 6.68. The molecule has 4 N–H and O–H groups in total. The summed E-state index contributed by atoms with van der Waals surface area (Å²) in [5, 5.41) is 7.27. The molecule has 0 aliphatic carbocycles. The van der Waals surface area contributed by atoms with Crippen molar-refractivity contribution in [1.29, 1.82) is 0 Å². The number of nitrogens with one attached hydrogen (secondary N) is 4. The second kappa shape index (κ2) is 9.50. The van der Waals surface area contributed by atoms with Crippen molar-refractivity contribution >= 4 is 40.3 Å². The third-order valence-corrected chi connectivity index (χ3v) is 3.20. The largest absolute Gasteiger partial charge is 0.361 e. The molecule has 0 saturated carbocycles. The summed E-state index contributed by atoms with van der Waals surface area (Å²) in [5.41, 5.74) is 7.85. The molecule has 0 unspecified atom stereocenters. The van der Waals surface area contributed by atoms with Crippen molar-refractivity contribution in [2.75, 3.05) is 11.9 Å². The molecule has 0 aliphatic rings. The van der Waals surface area contributed by atoms with Crippen LogP contribution in [0.3, 0.4) is 0 Å². The Bertz CT molecular complexity index is 449. The second-order valence-corrected chi connectivity index (χ2v) is 5.30. The van der Waals surface area contributed by atoms with Crippen LogP contribution in [0.2, 0.25) is 0 Å². The van der Waals surface area contributed by atoms with E-state index in [0.717, 1.165) is 24.2 Å². The summed E-state index contributed by atoms with van der Waals surface area (Å²) < 4.78 is 0. The van der Waals surface area contributed by atoms with Crippen molar-refractivity contribution in [3.05, 3.63) is 29.8 Å². The van der Waals surface area contributed by atoms with Crippen molar-refractivity contribution < 1.29 is 0 Å². The maximum atomic E-state index is 5.20. The number of hydrogen-bond donors (Lipinski definition) is 4. The average Bonchev–Trinajstić information content (AvgIpc) is 2.44. The molecule has 0 amide bonds. The molecule has 110 valence electrons. The second-order valence-electron chi connectivity index (χ2n) is 4.48. The highest BCUT2D eigenvalue weighted by Gasteiger charge is 2.00. The molecule has 4 nitrogen and oxygen atoms in total. The zero-order valence-electron chi connectivity index (χ0n) is 12.0. The van der Waals surface area contributed by atoms with Gasteiger partial charge in [0.05, 0.1) is 0 Å². The maximum absolute atomic E-state index is 5.20. The summed E-state index contributed by atoms with van der Waals surface area (Å²) in [4.78, 5) is 0. The zero-order chi connectivity index (χ0) is 14.8. The molecule has 0 aromatic heterocycles. The van der Waals surface area contributed by atoms with Gasteiger partial charge in [-0.1, -0.05) is 38.0 Å². The summed E-state index contributed by atoms with van der Waals surface area (Å²) >= 11 is 10.3. The Morgan fingerprint density at radius 2 is 1.75 bits per heavy atom. The van der Waals surface area contributed by atoms with Crippen LogP contribution in [0.25, 0.3) is 0 Å². The van der Waals surface area contributed by atoms with E-state index in [9.17, 15) is 0 Å². The molecule has 1 aromatic rings. The molecular weight excluding hydrogens is 288 g/mol. The maximum Gasteiger partial charge on any atom is 0.189 e. The van der Waals surface area contributed by atoms with Crippen molar-refractivity contribution in [3.63, 3.8) is 0 Å². The van der Waals surface area contributed by atoms with E-state index in [2.05, 4.69) is 28.4 Å². The summed E-state index contributed by atoms with van der Waals surface area (Å²) in [6, 6.07) is 7.96. The van der Waals surface area contributed by atoms with Gasteiger partial charge in [-0.25, -0.2) is 0 Å². The fourth-order valence-corrected chi connectivity index (χ4v) is 1.92.